The fraction of sp³-hybridized carbons (Fsp3) is 0.261. The minimum Gasteiger partial charge on any atom is -0.493 e. The van der Waals surface area contributed by atoms with E-state index in [1.54, 1.807) is 6.07 Å². The van der Waals surface area contributed by atoms with Gasteiger partial charge in [0.1, 0.15) is 11.3 Å². The lowest BCUT2D eigenvalue weighted by atomic mass is 10.1. The van der Waals surface area contributed by atoms with E-state index in [1.165, 1.54) is 12.1 Å². The van der Waals surface area contributed by atoms with Crippen molar-refractivity contribution in [1.29, 1.82) is 0 Å². The Bertz CT molecular complexity index is 1020. The second kappa shape index (κ2) is 10.2. The van der Waals surface area contributed by atoms with Crippen molar-refractivity contribution in [2.24, 2.45) is 0 Å². The van der Waals surface area contributed by atoms with E-state index in [0.29, 0.717) is 22.9 Å². The van der Waals surface area contributed by atoms with Crippen LogP contribution in [0.15, 0.2) is 48.5 Å². The van der Waals surface area contributed by atoms with Gasteiger partial charge in [-0.15, -0.1) is 0 Å². The fourth-order valence-electron chi connectivity index (χ4n) is 2.95. The van der Waals surface area contributed by atoms with E-state index in [1.807, 2.05) is 30.3 Å². The number of carbonyl (C=O) groups is 1. The number of unbranched alkanes of at least 4 members (excludes halogenated alkanes) is 3. The van der Waals surface area contributed by atoms with Gasteiger partial charge in [0.05, 0.1) is 21.7 Å². The van der Waals surface area contributed by atoms with Gasteiger partial charge in [0, 0.05) is 6.07 Å². The number of hydrogen-bond acceptors (Lipinski definition) is 3. The van der Waals surface area contributed by atoms with Gasteiger partial charge in [-0.2, -0.15) is 0 Å². The summed E-state index contributed by atoms with van der Waals surface area (Å²) in [6.45, 7) is 2.69. The number of carbonyl (C=O) groups excluding carboxylic acids is 1. The van der Waals surface area contributed by atoms with Gasteiger partial charge in [-0.1, -0.05) is 85.3 Å². The van der Waals surface area contributed by atoms with Gasteiger partial charge in [-0.3, -0.25) is 0 Å². The molecular formula is C23H21Cl3O3. The molecule has 0 heterocycles. The van der Waals surface area contributed by atoms with Gasteiger partial charge in [-0.25, -0.2) is 4.79 Å². The molecule has 0 atom stereocenters. The van der Waals surface area contributed by atoms with Crippen molar-refractivity contribution in [1.82, 2.24) is 0 Å². The Labute approximate surface area is 185 Å². The zero-order chi connectivity index (χ0) is 20.8. The van der Waals surface area contributed by atoms with Gasteiger partial charge >= 0.3 is 5.97 Å². The first-order chi connectivity index (χ1) is 14.0. The molecular weight excluding hydrogens is 431 g/mol. The number of hydrogen-bond donors (Lipinski definition) is 0. The molecule has 0 aliphatic carbocycles. The van der Waals surface area contributed by atoms with Crippen LogP contribution in [0.2, 0.25) is 15.1 Å². The molecule has 0 saturated heterocycles. The second-order valence-corrected chi connectivity index (χ2v) is 7.91. The zero-order valence-corrected chi connectivity index (χ0v) is 18.3. The van der Waals surface area contributed by atoms with Crippen molar-refractivity contribution in [2.45, 2.75) is 32.6 Å². The number of esters is 1. The van der Waals surface area contributed by atoms with Crippen LogP contribution in [0.4, 0.5) is 0 Å². The second-order valence-electron chi connectivity index (χ2n) is 6.69. The van der Waals surface area contributed by atoms with E-state index in [0.717, 1.165) is 36.5 Å². The summed E-state index contributed by atoms with van der Waals surface area (Å²) in [5.41, 5.74) is 0.335. The summed E-state index contributed by atoms with van der Waals surface area (Å²) >= 11 is 18.1. The first kappa shape index (κ1) is 21.8. The molecule has 6 heteroatoms. The molecule has 0 saturated carbocycles. The largest absolute Gasteiger partial charge is 0.493 e. The molecule has 0 aliphatic rings. The van der Waals surface area contributed by atoms with Crippen LogP contribution >= 0.6 is 34.8 Å². The number of rotatable bonds is 8. The van der Waals surface area contributed by atoms with Crippen molar-refractivity contribution in [3.8, 4) is 11.5 Å². The third-order valence-corrected chi connectivity index (χ3v) is 5.52. The van der Waals surface area contributed by atoms with Crippen LogP contribution in [-0.4, -0.2) is 12.6 Å². The molecule has 3 nitrogen and oxygen atoms in total. The van der Waals surface area contributed by atoms with Gasteiger partial charge in [0.15, 0.2) is 5.75 Å². The first-order valence-electron chi connectivity index (χ1n) is 9.52. The highest BCUT2D eigenvalue weighted by molar-refractivity contribution is 6.43. The Morgan fingerprint density at radius 2 is 1.52 bits per heavy atom. The summed E-state index contributed by atoms with van der Waals surface area (Å²) in [6, 6.07) is 14.3. The highest BCUT2D eigenvalue weighted by Gasteiger charge is 2.19. The molecule has 0 N–H and O–H groups in total. The molecule has 3 rings (SSSR count). The maximum absolute atomic E-state index is 12.9. The van der Waals surface area contributed by atoms with Crippen LogP contribution in [0.3, 0.4) is 0 Å². The number of ether oxygens (including phenoxy) is 2. The summed E-state index contributed by atoms with van der Waals surface area (Å²) in [5, 5.41) is 2.65. The topological polar surface area (TPSA) is 35.5 Å². The third-order valence-electron chi connectivity index (χ3n) is 4.50. The first-order valence-corrected chi connectivity index (χ1v) is 10.6. The quantitative estimate of drug-likeness (QED) is 0.151. The average Bonchev–Trinajstić information content (AvgIpc) is 2.71. The predicted molar refractivity (Wildman–Crippen MR) is 120 cm³/mol. The lowest BCUT2D eigenvalue weighted by Crippen LogP contribution is -2.12. The Balaban J connectivity index is 1.88. The molecule has 0 unspecified atom stereocenters. The summed E-state index contributed by atoms with van der Waals surface area (Å²) in [6.07, 6.45) is 4.32. The summed E-state index contributed by atoms with van der Waals surface area (Å²) < 4.78 is 11.5. The molecule has 0 bridgehead atoms. The van der Waals surface area contributed by atoms with Crippen molar-refractivity contribution in [2.75, 3.05) is 6.61 Å². The van der Waals surface area contributed by atoms with Crippen molar-refractivity contribution < 1.29 is 14.3 Å². The molecule has 29 heavy (non-hydrogen) atoms. The zero-order valence-electron chi connectivity index (χ0n) is 16.0. The van der Waals surface area contributed by atoms with Crippen LogP contribution < -0.4 is 9.47 Å². The molecule has 0 spiro atoms. The maximum Gasteiger partial charge on any atom is 0.347 e. The highest BCUT2D eigenvalue weighted by atomic mass is 35.5. The van der Waals surface area contributed by atoms with Crippen LogP contribution in [0, 0.1) is 0 Å². The summed E-state index contributed by atoms with van der Waals surface area (Å²) in [4.78, 5) is 12.9. The van der Waals surface area contributed by atoms with Gasteiger partial charge < -0.3 is 9.47 Å². The Hall–Kier alpha value is -1.94. The number of halogens is 3. The third kappa shape index (κ3) is 5.57. The van der Waals surface area contributed by atoms with Crippen molar-refractivity contribution >= 4 is 51.5 Å². The van der Waals surface area contributed by atoms with E-state index < -0.39 is 5.97 Å². The van der Waals surface area contributed by atoms with Crippen LogP contribution in [0.25, 0.3) is 10.8 Å². The molecule has 0 fully saturated rings. The van der Waals surface area contributed by atoms with Gasteiger partial charge in [0.25, 0.3) is 0 Å². The minimum absolute atomic E-state index is 0.146. The molecule has 0 radical (unpaired) electrons. The molecule has 0 aromatic heterocycles. The van der Waals surface area contributed by atoms with E-state index in [4.69, 9.17) is 44.3 Å². The standard InChI is InChI=1S/C23H21Cl3O3/c1-2-3-4-7-10-28-21-12-16-9-6-5-8-15(16)11-17(21)23(27)29-22-14-19(25)18(24)13-20(22)26/h5-6,8-9,11-14H,2-4,7,10H2,1H3. The molecule has 3 aromatic rings. The highest BCUT2D eigenvalue weighted by Crippen LogP contribution is 2.35. The Morgan fingerprint density at radius 1 is 0.828 bits per heavy atom. The Morgan fingerprint density at radius 3 is 2.24 bits per heavy atom. The van der Waals surface area contributed by atoms with Gasteiger partial charge in [-0.05, 0) is 35.4 Å². The van der Waals surface area contributed by atoms with Crippen molar-refractivity contribution in [3.63, 3.8) is 0 Å². The van der Waals surface area contributed by atoms with Crippen LogP contribution in [-0.2, 0) is 0 Å². The lowest BCUT2D eigenvalue weighted by molar-refractivity contribution is 0.0730. The van der Waals surface area contributed by atoms with Crippen LogP contribution in [0.1, 0.15) is 43.0 Å². The van der Waals surface area contributed by atoms with Gasteiger partial charge in [0.2, 0.25) is 0 Å². The smallest absolute Gasteiger partial charge is 0.347 e. The lowest BCUT2D eigenvalue weighted by Gasteiger charge is -2.14. The Kier molecular flexibility index (Phi) is 7.65. The molecule has 152 valence electrons. The van der Waals surface area contributed by atoms with E-state index in [2.05, 4.69) is 6.92 Å². The molecule has 0 amide bonds. The molecule has 3 aromatic carbocycles. The number of fused-ring (bicyclic) bond motifs is 1. The summed E-state index contributed by atoms with van der Waals surface area (Å²) in [7, 11) is 0. The fourth-order valence-corrected chi connectivity index (χ4v) is 3.52. The minimum atomic E-state index is -0.570. The van der Waals surface area contributed by atoms with Crippen molar-refractivity contribution in [3.05, 3.63) is 69.2 Å². The monoisotopic (exact) mass is 450 g/mol. The predicted octanol–water partition coefficient (Wildman–Crippen LogP) is 7.98. The normalized spacial score (nSPS) is 10.9. The maximum atomic E-state index is 12.9. The summed E-state index contributed by atoms with van der Waals surface area (Å²) in [5.74, 6) is 0.0640. The van der Waals surface area contributed by atoms with Crippen LogP contribution in [0.5, 0.6) is 11.5 Å². The van der Waals surface area contributed by atoms with E-state index in [9.17, 15) is 4.79 Å². The SMILES string of the molecule is CCCCCCOc1cc2ccccc2cc1C(=O)Oc1cc(Cl)c(Cl)cc1Cl. The van der Waals surface area contributed by atoms with E-state index >= 15 is 0 Å². The van der Waals surface area contributed by atoms with E-state index in [-0.39, 0.29) is 15.8 Å². The molecule has 0 aliphatic heterocycles. The average molecular weight is 452 g/mol. The number of benzene rings is 3.